The number of nitrogens with one attached hydrogen (secondary N) is 1. The Balaban J connectivity index is 0. The fourth-order valence-corrected chi connectivity index (χ4v) is 0.686. The molecule has 0 aliphatic heterocycles. The van der Waals surface area contributed by atoms with E-state index in [0.717, 1.165) is 0 Å². The third-order valence-electron chi connectivity index (χ3n) is 0.708. The minimum absolute atomic E-state index is 0. The van der Waals surface area contributed by atoms with Gasteiger partial charge in [-0.1, -0.05) is 0 Å². The van der Waals surface area contributed by atoms with Gasteiger partial charge in [0.05, 0.1) is 12.4 Å². The van der Waals surface area contributed by atoms with E-state index in [1.807, 2.05) is 0 Å². The van der Waals surface area contributed by atoms with E-state index in [0.29, 0.717) is 6.61 Å². The van der Waals surface area contributed by atoms with Gasteiger partial charge in [0, 0.05) is 36.1 Å². The Bertz CT molecular complexity index is 169. The van der Waals surface area contributed by atoms with E-state index in [9.17, 15) is 8.42 Å². The second-order valence-electron chi connectivity index (χ2n) is 1.61. The second kappa shape index (κ2) is 7.48. The summed E-state index contributed by atoms with van der Waals surface area (Å²) in [6.45, 7) is 2.33. The Kier molecular flexibility index (Phi) is 9.76. The van der Waals surface area contributed by atoms with Crippen molar-refractivity contribution in [2.45, 2.75) is 6.92 Å². The van der Waals surface area contributed by atoms with Crippen LogP contribution in [-0.2, 0) is 15.0 Å². The van der Waals surface area contributed by atoms with Crippen LogP contribution in [0.2, 0.25) is 0 Å². The van der Waals surface area contributed by atoms with Crippen molar-refractivity contribution in [3.05, 3.63) is 0 Å². The van der Waals surface area contributed by atoms with Crippen molar-refractivity contribution >= 4 is 39.7 Å². The number of hydrogen-bond donors (Lipinski definition) is 2. The predicted octanol–water partition coefficient (Wildman–Crippen LogP) is -0.965. The first-order chi connectivity index (χ1) is 4.56. The van der Waals surface area contributed by atoms with Gasteiger partial charge in [0.1, 0.15) is 0 Å². The molecule has 0 amide bonds. The molecule has 0 fully saturated rings. The molecule has 5 nitrogen and oxygen atoms in total. The minimum Gasteiger partial charge on any atom is -0.302 e. The van der Waals surface area contributed by atoms with Crippen molar-refractivity contribution in [2.24, 2.45) is 0 Å². The van der Waals surface area contributed by atoms with Gasteiger partial charge in [-0.2, -0.15) is 8.42 Å². The summed E-state index contributed by atoms with van der Waals surface area (Å²) < 4.78 is 28.3. The summed E-state index contributed by atoms with van der Waals surface area (Å²) in [5, 5.41) is 0. The van der Waals surface area contributed by atoms with Gasteiger partial charge in [-0.05, 0) is 6.92 Å². The standard InChI is InChI=1S/C4H11NO4S.Na/c1-2-9-5-3-4-10(6,7)8;/h5H,2-4H2,1H3,(H,6,7,8);. The molecule has 63 valence electrons. The largest absolute Gasteiger partial charge is 0.302 e. The molecule has 0 rings (SSSR count). The summed E-state index contributed by atoms with van der Waals surface area (Å²) in [4.78, 5) is 4.60. The van der Waals surface area contributed by atoms with Gasteiger partial charge in [-0.25, -0.2) is 5.48 Å². The average Bonchev–Trinajstić information content (AvgIpc) is 1.78. The molecular weight excluding hydrogens is 181 g/mol. The number of hydroxylamine groups is 1. The smallest absolute Gasteiger partial charge is 0.266 e. The maximum absolute atomic E-state index is 10.1. The zero-order valence-electron chi connectivity index (χ0n) is 6.70. The van der Waals surface area contributed by atoms with Gasteiger partial charge in [0.2, 0.25) is 0 Å². The summed E-state index contributed by atoms with van der Waals surface area (Å²) in [6.07, 6.45) is 0. The van der Waals surface area contributed by atoms with E-state index < -0.39 is 10.1 Å². The number of rotatable bonds is 5. The molecule has 0 unspecified atom stereocenters. The zero-order chi connectivity index (χ0) is 8.04. The Labute approximate surface area is 88.5 Å². The number of hydrogen-bond acceptors (Lipinski definition) is 4. The molecule has 0 aromatic rings. The van der Waals surface area contributed by atoms with Crippen LogP contribution in [0.1, 0.15) is 6.92 Å². The van der Waals surface area contributed by atoms with E-state index >= 15 is 0 Å². The van der Waals surface area contributed by atoms with Crippen molar-refractivity contribution in [3.8, 4) is 0 Å². The molecule has 0 saturated carbocycles. The molecule has 0 atom stereocenters. The fourth-order valence-electron chi connectivity index (χ4n) is 0.345. The third-order valence-corrected chi connectivity index (χ3v) is 1.43. The monoisotopic (exact) mass is 192 g/mol. The van der Waals surface area contributed by atoms with Crippen LogP contribution in [0.25, 0.3) is 0 Å². The molecule has 0 aliphatic rings. The van der Waals surface area contributed by atoms with E-state index in [1.54, 1.807) is 6.92 Å². The molecule has 0 saturated heterocycles. The minimum atomic E-state index is -3.85. The van der Waals surface area contributed by atoms with Crippen LogP contribution in [0.5, 0.6) is 0 Å². The van der Waals surface area contributed by atoms with Crippen LogP contribution in [-0.4, -0.2) is 61.4 Å². The zero-order valence-corrected chi connectivity index (χ0v) is 9.52. The van der Waals surface area contributed by atoms with Crippen LogP contribution in [0.15, 0.2) is 0 Å². The quantitative estimate of drug-likeness (QED) is 0.254. The first kappa shape index (κ1) is 14.4. The van der Waals surface area contributed by atoms with Gasteiger partial charge in [-0.3, -0.25) is 4.55 Å². The first-order valence-electron chi connectivity index (χ1n) is 2.86. The van der Waals surface area contributed by atoms with Crippen molar-refractivity contribution in [1.82, 2.24) is 5.48 Å². The van der Waals surface area contributed by atoms with Crippen molar-refractivity contribution in [3.63, 3.8) is 0 Å². The maximum atomic E-state index is 10.1. The molecule has 0 heterocycles. The van der Waals surface area contributed by atoms with Gasteiger partial charge in [-0.15, -0.1) is 0 Å². The molecule has 0 aromatic heterocycles. The van der Waals surface area contributed by atoms with Crippen LogP contribution >= 0.6 is 0 Å². The topological polar surface area (TPSA) is 75.6 Å². The molecular formula is C4H11NNaO4S. The molecule has 0 aliphatic carbocycles. The van der Waals surface area contributed by atoms with E-state index in [4.69, 9.17) is 4.55 Å². The molecule has 2 N–H and O–H groups in total. The summed E-state index contributed by atoms with van der Waals surface area (Å²) in [5.74, 6) is -0.326. The Morgan fingerprint density at radius 1 is 1.55 bits per heavy atom. The van der Waals surface area contributed by atoms with Gasteiger partial charge >= 0.3 is 0 Å². The van der Waals surface area contributed by atoms with Crippen LogP contribution in [0, 0.1) is 0 Å². The van der Waals surface area contributed by atoms with Gasteiger partial charge in [0.15, 0.2) is 0 Å². The van der Waals surface area contributed by atoms with Crippen LogP contribution in [0.4, 0.5) is 0 Å². The Morgan fingerprint density at radius 3 is 2.45 bits per heavy atom. The molecule has 0 spiro atoms. The molecule has 0 aromatic carbocycles. The molecule has 1 radical (unpaired) electrons. The Hall–Kier alpha value is 0.830. The second-order valence-corrected chi connectivity index (χ2v) is 3.19. The Morgan fingerprint density at radius 2 is 2.09 bits per heavy atom. The van der Waals surface area contributed by atoms with Crippen molar-refractivity contribution in [1.29, 1.82) is 0 Å². The van der Waals surface area contributed by atoms with E-state index in [2.05, 4.69) is 10.3 Å². The van der Waals surface area contributed by atoms with E-state index in [-0.39, 0.29) is 41.9 Å². The average molecular weight is 192 g/mol. The third kappa shape index (κ3) is 13.8. The molecule has 11 heavy (non-hydrogen) atoms. The first-order valence-corrected chi connectivity index (χ1v) is 4.47. The van der Waals surface area contributed by atoms with Crippen LogP contribution in [0.3, 0.4) is 0 Å². The van der Waals surface area contributed by atoms with Crippen molar-refractivity contribution < 1.29 is 17.8 Å². The molecule has 0 bridgehead atoms. The predicted molar refractivity (Wildman–Crippen MR) is 41.8 cm³/mol. The van der Waals surface area contributed by atoms with Crippen LogP contribution < -0.4 is 5.48 Å². The summed E-state index contributed by atoms with van der Waals surface area (Å²) in [6, 6.07) is 0. The van der Waals surface area contributed by atoms with E-state index in [1.165, 1.54) is 0 Å². The van der Waals surface area contributed by atoms with Crippen molar-refractivity contribution in [2.75, 3.05) is 18.9 Å². The van der Waals surface area contributed by atoms with Gasteiger partial charge < -0.3 is 4.84 Å². The summed E-state index contributed by atoms with van der Waals surface area (Å²) >= 11 is 0. The SMILES string of the molecule is CCONCCS(=O)(=O)O.[Na]. The maximum Gasteiger partial charge on any atom is 0.266 e. The fraction of sp³-hybridized carbons (Fsp3) is 1.00. The molecule has 7 heteroatoms. The van der Waals surface area contributed by atoms with Gasteiger partial charge in [0.25, 0.3) is 10.1 Å². The summed E-state index contributed by atoms with van der Waals surface area (Å²) in [7, 11) is -3.85. The normalized spacial score (nSPS) is 10.7. The summed E-state index contributed by atoms with van der Waals surface area (Å²) in [5.41, 5.74) is 2.35.